The van der Waals surface area contributed by atoms with Crippen molar-refractivity contribution in [2.75, 3.05) is 13.2 Å². The normalized spacial score (nSPS) is 17.7. The quantitative estimate of drug-likeness (QED) is 0.0287. The van der Waals surface area contributed by atoms with Gasteiger partial charge in [0.25, 0.3) is 0 Å². The van der Waals surface area contributed by atoms with Gasteiger partial charge in [-0.1, -0.05) is 212 Å². The van der Waals surface area contributed by atoms with E-state index in [1.165, 1.54) is 205 Å². The van der Waals surface area contributed by atoms with Gasteiger partial charge in [-0.15, -0.1) is 0 Å². The number of ether oxygens (including phenoxy) is 1. The van der Waals surface area contributed by atoms with Gasteiger partial charge in [0, 0.05) is 0 Å². The van der Waals surface area contributed by atoms with Crippen LogP contribution in [0.4, 0.5) is 0 Å². The Bertz CT molecular complexity index is 1190. The van der Waals surface area contributed by atoms with Gasteiger partial charge < -0.3 is 15.3 Å². The molecular weight excluding hydrogens is 805 g/mol. The zero-order valence-electron chi connectivity index (χ0n) is 46.1. The Hall–Kier alpha value is -1.65. The Morgan fingerprint density at radius 3 is 1.48 bits per heavy atom. The Morgan fingerprint density at radius 1 is 0.561 bits per heavy atom. The van der Waals surface area contributed by atoms with Gasteiger partial charge in [0.1, 0.15) is 6.61 Å². The second-order valence-electron chi connectivity index (χ2n) is 22.6. The van der Waals surface area contributed by atoms with Crippen molar-refractivity contribution in [3.63, 3.8) is 0 Å². The molecule has 4 nitrogen and oxygen atoms in total. The monoisotopic (exact) mass is 921 g/mol. The molecular formula is C62H116N2O2. The van der Waals surface area contributed by atoms with Gasteiger partial charge in [0.2, 0.25) is 0 Å². The molecule has 66 heavy (non-hydrogen) atoms. The first-order valence-electron chi connectivity index (χ1n) is 29.1. The van der Waals surface area contributed by atoms with Crippen LogP contribution in [0.1, 0.15) is 293 Å². The van der Waals surface area contributed by atoms with Crippen LogP contribution in [-0.4, -0.2) is 31.1 Å². The van der Waals surface area contributed by atoms with Crippen LogP contribution in [0.2, 0.25) is 0 Å². The standard InChI is InChI=1S/C62H116N2O2/c1-10-13-15-17-19-21-23-25-27-29-31-33-35-37-39-41-46-57(47-42-40-38-36-34-32-30-28-26-24-22-20-18-16-14-11-2)64-65-54-56(4)62(9,12-3)52-44-43-48-58-49-45-50-59(66-58)51-53-60(5,6)61(7,8)55-63/h19-22,25-28,56,58-59H,10-18,23-24,29-55,63H2,1-9H3/b21-19-,22-20-,27-25-,28-26-. The molecule has 1 aliphatic rings. The smallest absolute Gasteiger partial charge is 0.120 e. The Morgan fingerprint density at radius 2 is 1.02 bits per heavy atom. The molecule has 1 fully saturated rings. The Balaban J connectivity index is 2.52. The first-order valence-corrected chi connectivity index (χ1v) is 29.1. The van der Waals surface area contributed by atoms with Gasteiger partial charge in [0.15, 0.2) is 0 Å². The highest BCUT2D eigenvalue weighted by Crippen LogP contribution is 2.43. The molecule has 1 saturated heterocycles. The van der Waals surface area contributed by atoms with Crippen LogP contribution in [0.5, 0.6) is 0 Å². The van der Waals surface area contributed by atoms with Crippen LogP contribution >= 0.6 is 0 Å². The summed E-state index contributed by atoms with van der Waals surface area (Å²) in [6.45, 7) is 22.7. The maximum atomic E-state index is 6.71. The fraction of sp³-hybridized carbons (Fsp3) is 0.855. The summed E-state index contributed by atoms with van der Waals surface area (Å²) < 4.78 is 6.71. The number of allylic oxidation sites excluding steroid dienone is 8. The van der Waals surface area contributed by atoms with Crippen molar-refractivity contribution in [2.45, 2.75) is 306 Å². The zero-order chi connectivity index (χ0) is 48.5. The highest BCUT2D eigenvalue weighted by atomic mass is 16.6. The third-order valence-electron chi connectivity index (χ3n) is 16.2. The average molecular weight is 922 g/mol. The number of rotatable bonds is 45. The molecule has 0 bridgehead atoms. The lowest BCUT2D eigenvalue weighted by Crippen LogP contribution is -2.40. The molecule has 0 aromatic heterocycles. The second-order valence-corrected chi connectivity index (χ2v) is 22.6. The second kappa shape index (κ2) is 41.2. The van der Waals surface area contributed by atoms with Crippen LogP contribution in [0, 0.1) is 22.2 Å². The SMILES string of the molecule is CCCCC/C=C\C/C=C\CCCCCCCCC(CCCCCCCC/C=C\C/C=C\CCCCC)=NOCC(C)C(C)(CC)CCCCC1CCCC(CCC(C)(C)C(C)(C)CN)O1. The summed E-state index contributed by atoms with van der Waals surface area (Å²) in [4.78, 5) is 6.29. The molecule has 4 unspecified atom stereocenters. The van der Waals surface area contributed by atoms with E-state index in [0.717, 1.165) is 45.3 Å². The molecule has 1 heterocycles. The van der Waals surface area contributed by atoms with Crippen LogP contribution < -0.4 is 5.73 Å². The van der Waals surface area contributed by atoms with E-state index in [-0.39, 0.29) is 16.2 Å². The first-order chi connectivity index (χ1) is 31.9. The average Bonchev–Trinajstić information content (AvgIpc) is 3.31. The summed E-state index contributed by atoms with van der Waals surface area (Å²) in [5.74, 6) is 0.479. The molecule has 1 aliphatic heterocycles. The minimum Gasteiger partial charge on any atom is -0.396 e. The number of nitrogens with zero attached hydrogens (tertiary/aromatic N) is 1. The molecule has 0 aromatic carbocycles. The van der Waals surface area contributed by atoms with Crippen molar-refractivity contribution in [2.24, 2.45) is 33.1 Å². The van der Waals surface area contributed by atoms with Gasteiger partial charge >= 0.3 is 0 Å². The summed E-state index contributed by atoms with van der Waals surface area (Å²) >= 11 is 0. The number of hydrogen-bond donors (Lipinski definition) is 1. The van der Waals surface area contributed by atoms with E-state index in [2.05, 4.69) is 111 Å². The maximum Gasteiger partial charge on any atom is 0.120 e. The summed E-state index contributed by atoms with van der Waals surface area (Å²) in [7, 11) is 0. The first kappa shape index (κ1) is 62.4. The van der Waals surface area contributed by atoms with Crippen molar-refractivity contribution in [1.82, 2.24) is 0 Å². The van der Waals surface area contributed by atoms with Crippen molar-refractivity contribution < 1.29 is 9.57 Å². The number of oxime groups is 1. The van der Waals surface area contributed by atoms with Crippen LogP contribution in [0.3, 0.4) is 0 Å². The molecule has 0 aliphatic carbocycles. The van der Waals surface area contributed by atoms with Gasteiger partial charge in [0.05, 0.1) is 17.9 Å². The van der Waals surface area contributed by atoms with E-state index in [4.69, 9.17) is 20.5 Å². The topological polar surface area (TPSA) is 56.8 Å². The lowest BCUT2D eigenvalue weighted by Gasteiger charge is -2.42. The molecule has 0 radical (unpaired) electrons. The zero-order valence-corrected chi connectivity index (χ0v) is 46.1. The fourth-order valence-electron chi connectivity index (χ4n) is 9.51. The minimum atomic E-state index is 0.148. The lowest BCUT2D eigenvalue weighted by molar-refractivity contribution is -0.0653. The highest BCUT2D eigenvalue weighted by molar-refractivity contribution is 5.83. The Kier molecular flexibility index (Phi) is 38.9. The van der Waals surface area contributed by atoms with Gasteiger partial charge in [-0.25, -0.2) is 0 Å². The van der Waals surface area contributed by atoms with Crippen molar-refractivity contribution in [3.05, 3.63) is 48.6 Å². The van der Waals surface area contributed by atoms with Crippen molar-refractivity contribution in [3.8, 4) is 0 Å². The Labute approximate surface area is 414 Å². The molecule has 0 spiro atoms. The number of hydrogen-bond acceptors (Lipinski definition) is 4. The molecule has 1 rings (SSSR count). The van der Waals surface area contributed by atoms with E-state index in [0.29, 0.717) is 18.1 Å². The molecule has 4 atom stereocenters. The predicted octanol–water partition coefficient (Wildman–Crippen LogP) is 20.1. The van der Waals surface area contributed by atoms with Crippen molar-refractivity contribution >= 4 is 5.71 Å². The highest BCUT2D eigenvalue weighted by Gasteiger charge is 2.36. The minimum absolute atomic E-state index is 0.148. The van der Waals surface area contributed by atoms with E-state index in [1.807, 2.05) is 0 Å². The van der Waals surface area contributed by atoms with Crippen LogP contribution in [0.25, 0.3) is 0 Å². The maximum absolute atomic E-state index is 6.71. The molecule has 386 valence electrons. The summed E-state index contributed by atoms with van der Waals surface area (Å²) in [5, 5.41) is 4.91. The number of unbranched alkanes of at least 4 members (excludes halogenated alkanes) is 19. The summed E-state index contributed by atoms with van der Waals surface area (Å²) in [6.07, 6.45) is 65.2. The molecule has 0 aromatic rings. The number of nitrogens with two attached hydrogens (primary N) is 1. The molecule has 0 saturated carbocycles. The van der Waals surface area contributed by atoms with Crippen LogP contribution in [-0.2, 0) is 9.57 Å². The van der Waals surface area contributed by atoms with E-state index < -0.39 is 0 Å². The molecule has 4 heteroatoms. The van der Waals surface area contributed by atoms with E-state index >= 15 is 0 Å². The van der Waals surface area contributed by atoms with Gasteiger partial charge in [-0.05, 0) is 164 Å². The van der Waals surface area contributed by atoms with Crippen LogP contribution in [0.15, 0.2) is 53.8 Å². The third kappa shape index (κ3) is 32.2. The molecule has 0 amide bonds. The van der Waals surface area contributed by atoms with Gasteiger partial charge in [-0.3, -0.25) is 0 Å². The van der Waals surface area contributed by atoms with E-state index in [9.17, 15) is 0 Å². The summed E-state index contributed by atoms with van der Waals surface area (Å²) in [5.41, 5.74) is 8.11. The van der Waals surface area contributed by atoms with Crippen molar-refractivity contribution in [1.29, 1.82) is 0 Å². The fourth-order valence-corrected chi connectivity index (χ4v) is 9.51. The predicted molar refractivity (Wildman–Crippen MR) is 296 cm³/mol. The van der Waals surface area contributed by atoms with Gasteiger partial charge in [-0.2, -0.15) is 0 Å². The molecule has 2 N–H and O–H groups in total. The largest absolute Gasteiger partial charge is 0.396 e. The van der Waals surface area contributed by atoms with E-state index in [1.54, 1.807) is 0 Å². The summed E-state index contributed by atoms with van der Waals surface area (Å²) in [6, 6.07) is 0. The lowest BCUT2D eigenvalue weighted by atomic mass is 9.65. The third-order valence-corrected chi connectivity index (χ3v) is 16.2.